The van der Waals surface area contributed by atoms with Crippen LogP contribution in [0, 0.1) is 0 Å². The second-order valence-corrected chi connectivity index (χ2v) is 3.64. The van der Waals surface area contributed by atoms with Crippen molar-refractivity contribution in [3.8, 4) is 0 Å². The van der Waals surface area contributed by atoms with E-state index in [4.69, 9.17) is 10.5 Å². The van der Waals surface area contributed by atoms with Gasteiger partial charge in [0.1, 0.15) is 0 Å². The molecule has 1 aromatic rings. The lowest BCUT2D eigenvalue weighted by Crippen LogP contribution is -2.38. The highest BCUT2D eigenvalue weighted by atomic mass is 16.5. The molecule has 0 spiro atoms. The third-order valence-corrected chi connectivity index (χ3v) is 2.10. The highest BCUT2D eigenvalue weighted by Gasteiger charge is 2.32. The smallest absolute Gasteiger partial charge is 0.333 e. The quantitative estimate of drug-likeness (QED) is 0.712. The molecule has 2 N–H and O–H groups in total. The van der Waals surface area contributed by atoms with Gasteiger partial charge in [0, 0.05) is 6.54 Å². The number of nitrogens with zero attached hydrogens (tertiary/aromatic N) is 3. The van der Waals surface area contributed by atoms with E-state index in [9.17, 15) is 4.79 Å². The highest BCUT2D eigenvalue weighted by molar-refractivity contribution is 5.77. The third-order valence-electron chi connectivity index (χ3n) is 2.10. The number of esters is 1. The Bertz CT molecular complexity index is 346. The Morgan fingerprint density at radius 3 is 2.80 bits per heavy atom. The van der Waals surface area contributed by atoms with Gasteiger partial charge in [0.25, 0.3) is 0 Å². The highest BCUT2D eigenvalue weighted by Crippen LogP contribution is 2.15. The molecule has 0 fully saturated rings. The van der Waals surface area contributed by atoms with Crippen LogP contribution in [0.1, 0.15) is 26.5 Å². The van der Waals surface area contributed by atoms with Gasteiger partial charge in [-0.2, -0.15) is 0 Å². The van der Waals surface area contributed by atoms with Crippen LogP contribution in [0.25, 0.3) is 0 Å². The van der Waals surface area contributed by atoms with E-state index in [1.54, 1.807) is 27.0 Å². The molecule has 1 aromatic heterocycles. The Morgan fingerprint density at radius 2 is 2.33 bits per heavy atom. The Balaban J connectivity index is 2.89. The third kappa shape index (κ3) is 2.33. The van der Waals surface area contributed by atoms with Crippen molar-refractivity contribution in [1.29, 1.82) is 0 Å². The summed E-state index contributed by atoms with van der Waals surface area (Å²) in [7, 11) is 0. The predicted molar refractivity (Wildman–Crippen MR) is 53.9 cm³/mol. The van der Waals surface area contributed by atoms with Gasteiger partial charge in [-0.25, -0.2) is 9.48 Å². The van der Waals surface area contributed by atoms with Gasteiger partial charge in [-0.05, 0) is 20.8 Å². The molecule has 84 valence electrons. The van der Waals surface area contributed by atoms with Crippen molar-refractivity contribution in [2.24, 2.45) is 5.73 Å². The maximum Gasteiger partial charge on any atom is 0.333 e. The van der Waals surface area contributed by atoms with Gasteiger partial charge < -0.3 is 10.5 Å². The molecule has 0 atom stereocenters. The Labute approximate surface area is 88.4 Å². The van der Waals surface area contributed by atoms with Gasteiger partial charge in [0.2, 0.25) is 0 Å². The molecule has 1 heterocycles. The summed E-state index contributed by atoms with van der Waals surface area (Å²) in [5.41, 5.74) is 5.20. The molecule has 0 bridgehead atoms. The van der Waals surface area contributed by atoms with Crippen molar-refractivity contribution in [3.05, 3.63) is 11.9 Å². The van der Waals surface area contributed by atoms with E-state index in [2.05, 4.69) is 10.3 Å². The van der Waals surface area contributed by atoms with Gasteiger partial charge in [-0.1, -0.05) is 5.21 Å². The first-order valence-electron chi connectivity index (χ1n) is 4.81. The monoisotopic (exact) mass is 212 g/mol. The molecule has 0 aliphatic rings. The van der Waals surface area contributed by atoms with Crippen LogP contribution in [0.5, 0.6) is 0 Å². The van der Waals surface area contributed by atoms with Crippen molar-refractivity contribution in [3.63, 3.8) is 0 Å². The zero-order valence-electron chi connectivity index (χ0n) is 9.23. The lowest BCUT2D eigenvalue weighted by atomic mass is 10.1. The molecule has 0 aromatic carbocycles. The predicted octanol–water partition coefficient (Wildman–Crippen LogP) is 0.0350. The molecule has 0 aliphatic heterocycles. The average Bonchev–Trinajstić information content (AvgIpc) is 2.66. The van der Waals surface area contributed by atoms with Crippen LogP contribution in [-0.4, -0.2) is 27.6 Å². The van der Waals surface area contributed by atoms with E-state index in [0.29, 0.717) is 18.8 Å². The number of hydrogen-bond donors (Lipinski definition) is 1. The van der Waals surface area contributed by atoms with Crippen LogP contribution >= 0.6 is 0 Å². The summed E-state index contributed by atoms with van der Waals surface area (Å²) in [5, 5.41) is 7.67. The normalized spacial score (nSPS) is 11.5. The lowest BCUT2D eigenvalue weighted by molar-refractivity contribution is -0.152. The molecule has 0 saturated carbocycles. The lowest BCUT2D eigenvalue weighted by Gasteiger charge is -2.21. The molecular formula is C9H16N4O2. The first kappa shape index (κ1) is 11.6. The summed E-state index contributed by atoms with van der Waals surface area (Å²) < 4.78 is 6.41. The topological polar surface area (TPSA) is 83.0 Å². The van der Waals surface area contributed by atoms with Gasteiger partial charge >= 0.3 is 5.97 Å². The van der Waals surface area contributed by atoms with Crippen molar-refractivity contribution in [2.45, 2.75) is 32.9 Å². The van der Waals surface area contributed by atoms with Gasteiger partial charge in [-0.15, -0.1) is 5.10 Å². The number of carbonyl (C=O) groups excluding carboxylic acids is 1. The summed E-state index contributed by atoms with van der Waals surface area (Å²) >= 11 is 0. The van der Waals surface area contributed by atoms with Gasteiger partial charge in [0.15, 0.2) is 5.54 Å². The summed E-state index contributed by atoms with van der Waals surface area (Å²) in [4.78, 5) is 11.6. The van der Waals surface area contributed by atoms with E-state index in [0.717, 1.165) is 0 Å². The summed E-state index contributed by atoms with van der Waals surface area (Å²) in [5.74, 6) is -0.335. The Morgan fingerprint density at radius 1 is 1.67 bits per heavy atom. The van der Waals surface area contributed by atoms with Gasteiger partial charge in [0.05, 0.1) is 18.5 Å². The molecule has 1 rings (SSSR count). The second kappa shape index (κ2) is 4.39. The van der Waals surface area contributed by atoms with E-state index < -0.39 is 5.54 Å². The summed E-state index contributed by atoms with van der Waals surface area (Å²) in [6.45, 7) is 5.86. The SMILES string of the molecule is CCOC(=O)C(C)(C)n1cc(CN)nn1. The molecule has 0 saturated heterocycles. The molecule has 6 heteroatoms. The van der Waals surface area contributed by atoms with E-state index in [-0.39, 0.29) is 5.97 Å². The van der Waals surface area contributed by atoms with Crippen molar-refractivity contribution in [1.82, 2.24) is 15.0 Å². The summed E-state index contributed by atoms with van der Waals surface area (Å²) in [6, 6.07) is 0. The van der Waals surface area contributed by atoms with Crippen molar-refractivity contribution >= 4 is 5.97 Å². The second-order valence-electron chi connectivity index (χ2n) is 3.64. The molecule has 0 aliphatic carbocycles. The van der Waals surface area contributed by atoms with Crippen LogP contribution in [-0.2, 0) is 21.6 Å². The van der Waals surface area contributed by atoms with Crippen LogP contribution in [0.4, 0.5) is 0 Å². The van der Waals surface area contributed by atoms with E-state index in [1.807, 2.05) is 0 Å². The average molecular weight is 212 g/mol. The molecule has 6 nitrogen and oxygen atoms in total. The van der Waals surface area contributed by atoms with Crippen LogP contribution < -0.4 is 5.73 Å². The molecule has 0 radical (unpaired) electrons. The van der Waals surface area contributed by atoms with E-state index >= 15 is 0 Å². The fraction of sp³-hybridized carbons (Fsp3) is 0.667. The first-order chi connectivity index (χ1) is 7.02. The van der Waals surface area contributed by atoms with Gasteiger partial charge in [-0.3, -0.25) is 0 Å². The molecule has 0 amide bonds. The summed E-state index contributed by atoms with van der Waals surface area (Å²) in [6.07, 6.45) is 1.65. The zero-order valence-corrected chi connectivity index (χ0v) is 9.23. The number of hydrogen-bond acceptors (Lipinski definition) is 5. The van der Waals surface area contributed by atoms with Crippen LogP contribution in [0.3, 0.4) is 0 Å². The zero-order chi connectivity index (χ0) is 11.5. The first-order valence-corrected chi connectivity index (χ1v) is 4.81. The standard InChI is InChI=1S/C9H16N4O2/c1-4-15-8(14)9(2,3)13-6-7(5-10)11-12-13/h6H,4-5,10H2,1-3H3. The minimum atomic E-state index is -0.851. The largest absolute Gasteiger partial charge is 0.464 e. The maximum atomic E-state index is 11.6. The molecule has 0 unspecified atom stereocenters. The molecular weight excluding hydrogens is 196 g/mol. The number of carbonyl (C=O) groups is 1. The van der Waals surface area contributed by atoms with E-state index in [1.165, 1.54) is 4.68 Å². The van der Waals surface area contributed by atoms with Crippen molar-refractivity contribution in [2.75, 3.05) is 6.61 Å². The molecule has 15 heavy (non-hydrogen) atoms. The Kier molecular flexibility index (Phi) is 3.41. The maximum absolute atomic E-state index is 11.6. The number of rotatable bonds is 4. The number of nitrogens with two attached hydrogens (primary N) is 1. The Hall–Kier alpha value is -1.43. The number of aromatic nitrogens is 3. The van der Waals surface area contributed by atoms with Crippen LogP contribution in [0.15, 0.2) is 6.20 Å². The minimum absolute atomic E-state index is 0.304. The van der Waals surface area contributed by atoms with Crippen LogP contribution in [0.2, 0.25) is 0 Å². The minimum Gasteiger partial charge on any atom is -0.464 e. The fourth-order valence-corrected chi connectivity index (χ4v) is 1.07. The van der Waals surface area contributed by atoms with Crippen molar-refractivity contribution < 1.29 is 9.53 Å². The fourth-order valence-electron chi connectivity index (χ4n) is 1.07. The number of ether oxygens (including phenoxy) is 1.